The molecule has 2 heterocycles. The fraction of sp³-hybridized carbons (Fsp3) is 0.286. The molecule has 6 nitrogen and oxygen atoms in total. The van der Waals surface area contributed by atoms with Crippen LogP contribution >= 0.6 is 11.8 Å². The molecular formula is C28H28N2O4S2. The molecule has 8 heteroatoms. The van der Waals surface area contributed by atoms with Crippen LogP contribution in [0.5, 0.6) is 11.5 Å². The molecule has 0 amide bonds. The molecule has 3 aromatic rings. The molecule has 1 aliphatic carbocycles. The fourth-order valence-corrected chi connectivity index (χ4v) is 6.90. The summed E-state index contributed by atoms with van der Waals surface area (Å²) in [6.07, 6.45) is 5.69. The van der Waals surface area contributed by atoms with E-state index < -0.39 is 10.0 Å². The Kier molecular flexibility index (Phi) is 6.09. The molecule has 0 radical (unpaired) electrons. The second-order valence-electron chi connectivity index (χ2n) is 9.38. The average Bonchev–Trinajstić information content (AvgIpc) is 3.36. The average molecular weight is 521 g/mol. The highest BCUT2D eigenvalue weighted by Crippen LogP contribution is 2.50. The SMILES string of the molecule is COc1ccccc1NS(=O)(=O)c1ccc2c(c1)[C@H]1C=CC[C@H]1[C@@H](c1ccc(OC3CSC3)cc1)N2. The van der Waals surface area contributed by atoms with Gasteiger partial charge in [0.1, 0.15) is 17.6 Å². The van der Waals surface area contributed by atoms with Crippen molar-refractivity contribution in [3.8, 4) is 11.5 Å². The Bertz CT molecular complexity index is 1400. The van der Waals surface area contributed by atoms with Gasteiger partial charge in [-0.1, -0.05) is 36.4 Å². The number of methoxy groups -OCH3 is 1. The first-order valence-electron chi connectivity index (χ1n) is 12.1. The molecule has 3 atom stereocenters. The Morgan fingerprint density at radius 2 is 1.83 bits per heavy atom. The lowest BCUT2D eigenvalue weighted by Gasteiger charge is -2.38. The first-order chi connectivity index (χ1) is 17.5. The maximum atomic E-state index is 13.2. The minimum atomic E-state index is -3.78. The summed E-state index contributed by atoms with van der Waals surface area (Å²) in [4.78, 5) is 0.238. The van der Waals surface area contributed by atoms with Gasteiger partial charge in [0.05, 0.1) is 23.7 Å². The summed E-state index contributed by atoms with van der Waals surface area (Å²) in [5, 5.41) is 3.69. The second-order valence-corrected chi connectivity index (χ2v) is 12.1. The summed E-state index contributed by atoms with van der Waals surface area (Å²) in [5.41, 5.74) is 3.61. The van der Waals surface area contributed by atoms with Crippen LogP contribution in [-0.2, 0) is 10.0 Å². The highest BCUT2D eigenvalue weighted by atomic mass is 32.2. The summed E-state index contributed by atoms with van der Waals surface area (Å²) in [7, 11) is -2.26. The number of nitrogens with one attached hydrogen (secondary N) is 2. The monoisotopic (exact) mass is 520 g/mol. The highest BCUT2D eigenvalue weighted by molar-refractivity contribution is 8.00. The fourth-order valence-electron chi connectivity index (χ4n) is 5.23. The number of para-hydroxylation sites is 2. The molecule has 6 rings (SSSR count). The van der Waals surface area contributed by atoms with Crippen LogP contribution in [-0.4, -0.2) is 33.1 Å². The normalized spacial score (nSPS) is 22.6. The third-order valence-electron chi connectivity index (χ3n) is 7.15. The summed E-state index contributed by atoms with van der Waals surface area (Å²) in [6, 6.07) is 20.9. The van der Waals surface area contributed by atoms with Crippen LogP contribution in [0.15, 0.2) is 83.8 Å². The van der Waals surface area contributed by atoms with Gasteiger partial charge in [0.25, 0.3) is 10.0 Å². The van der Waals surface area contributed by atoms with Crippen LogP contribution in [0.1, 0.15) is 29.5 Å². The van der Waals surface area contributed by atoms with Crippen LogP contribution in [0, 0.1) is 5.92 Å². The molecule has 0 saturated carbocycles. The van der Waals surface area contributed by atoms with Gasteiger partial charge >= 0.3 is 0 Å². The van der Waals surface area contributed by atoms with Gasteiger partial charge in [-0.15, -0.1) is 0 Å². The number of allylic oxidation sites excluding steroid dienone is 2. The molecule has 1 saturated heterocycles. The Morgan fingerprint density at radius 3 is 2.58 bits per heavy atom. The van der Waals surface area contributed by atoms with E-state index in [2.05, 4.69) is 46.5 Å². The number of rotatable bonds is 7. The smallest absolute Gasteiger partial charge is 0.262 e. The number of fused-ring (bicyclic) bond motifs is 3. The maximum absolute atomic E-state index is 13.2. The molecule has 36 heavy (non-hydrogen) atoms. The van der Waals surface area contributed by atoms with E-state index in [9.17, 15) is 8.42 Å². The van der Waals surface area contributed by atoms with Crippen LogP contribution < -0.4 is 19.5 Å². The summed E-state index contributed by atoms with van der Waals surface area (Å²) < 4.78 is 40.5. The number of ether oxygens (including phenoxy) is 2. The van der Waals surface area contributed by atoms with Crippen molar-refractivity contribution in [1.29, 1.82) is 0 Å². The van der Waals surface area contributed by atoms with Gasteiger partial charge in [0.15, 0.2) is 0 Å². The van der Waals surface area contributed by atoms with Crippen LogP contribution in [0.4, 0.5) is 11.4 Å². The van der Waals surface area contributed by atoms with E-state index in [-0.39, 0.29) is 16.9 Å². The van der Waals surface area contributed by atoms with Crippen molar-refractivity contribution in [2.75, 3.05) is 28.7 Å². The molecule has 0 spiro atoms. The highest BCUT2D eigenvalue weighted by Gasteiger charge is 2.38. The molecule has 0 aromatic heterocycles. The zero-order valence-corrected chi connectivity index (χ0v) is 21.5. The van der Waals surface area contributed by atoms with E-state index in [1.807, 2.05) is 17.8 Å². The Morgan fingerprint density at radius 1 is 1.03 bits per heavy atom. The van der Waals surface area contributed by atoms with Crippen molar-refractivity contribution >= 4 is 33.2 Å². The Labute approximate surface area is 216 Å². The largest absolute Gasteiger partial charge is 0.495 e. The van der Waals surface area contributed by atoms with Gasteiger partial charge in [-0.05, 0) is 65.9 Å². The van der Waals surface area contributed by atoms with E-state index in [0.29, 0.717) is 23.5 Å². The third-order valence-corrected chi connectivity index (χ3v) is 9.72. The van der Waals surface area contributed by atoms with Crippen LogP contribution in [0.2, 0.25) is 0 Å². The lowest BCUT2D eigenvalue weighted by Crippen LogP contribution is -2.31. The first-order valence-corrected chi connectivity index (χ1v) is 14.7. The zero-order chi connectivity index (χ0) is 24.7. The Hall–Kier alpha value is -3.10. The van der Waals surface area contributed by atoms with Crippen molar-refractivity contribution in [1.82, 2.24) is 0 Å². The molecule has 0 bridgehead atoms. The molecule has 0 unspecified atom stereocenters. The van der Waals surface area contributed by atoms with E-state index >= 15 is 0 Å². The van der Waals surface area contributed by atoms with Gasteiger partial charge < -0.3 is 14.8 Å². The van der Waals surface area contributed by atoms with E-state index in [1.165, 1.54) is 12.7 Å². The van der Waals surface area contributed by atoms with Crippen LogP contribution in [0.25, 0.3) is 0 Å². The second kappa shape index (κ2) is 9.41. The predicted molar refractivity (Wildman–Crippen MR) is 145 cm³/mol. The van der Waals surface area contributed by atoms with Crippen molar-refractivity contribution in [3.63, 3.8) is 0 Å². The minimum Gasteiger partial charge on any atom is -0.495 e. The van der Waals surface area contributed by atoms with Crippen molar-refractivity contribution in [3.05, 3.63) is 90.0 Å². The number of anilines is 2. The Balaban J connectivity index is 1.26. The third kappa shape index (κ3) is 4.33. The molecule has 2 N–H and O–H groups in total. The summed E-state index contributed by atoms with van der Waals surface area (Å²) >= 11 is 1.91. The van der Waals surface area contributed by atoms with Crippen molar-refractivity contribution in [2.24, 2.45) is 5.92 Å². The standard InChI is InChI=1S/C28H28N2O4S2/c1-33-27-8-3-2-7-26(27)30-36(31,32)21-13-14-25-24(15-21)22-5-4-6-23(22)28(29-25)18-9-11-19(12-10-18)34-20-16-35-17-20/h2-5,7-15,20,22-23,28-30H,6,16-17H2,1H3/t22-,23+,28+/m0/s1. The molecule has 2 aliphatic heterocycles. The molecular weight excluding hydrogens is 492 g/mol. The molecule has 186 valence electrons. The maximum Gasteiger partial charge on any atom is 0.262 e. The van der Waals surface area contributed by atoms with Gasteiger partial charge in [0.2, 0.25) is 0 Å². The topological polar surface area (TPSA) is 76.7 Å². The molecule has 1 fully saturated rings. The lowest BCUT2D eigenvalue weighted by molar-refractivity contribution is 0.240. The van der Waals surface area contributed by atoms with E-state index in [1.54, 1.807) is 36.4 Å². The number of benzene rings is 3. The van der Waals surface area contributed by atoms with Crippen LogP contribution in [0.3, 0.4) is 0 Å². The summed E-state index contributed by atoms with van der Waals surface area (Å²) in [6.45, 7) is 0. The molecule has 3 aliphatic rings. The summed E-state index contributed by atoms with van der Waals surface area (Å²) in [5.74, 6) is 3.97. The first kappa shape index (κ1) is 23.3. The molecule has 3 aromatic carbocycles. The predicted octanol–water partition coefficient (Wildman–Crippen LogP) is 5.82. The lowest BCUT2D eigenvalue weighted by atomic mass is 9.77. The number of hydrogen-bond acceptors (Lipinski definition) is 6. The van der Waals surface area contributed by atoms with Gasteiger partial charge in [-0.25, -0.2) is 8.42 Å². The van der Waals surface area contributed by atoms with E-state index in [4.69, 9.17) is 9.47 Å². The number of sulfonamides is 1. The van der Waals surface area contributed by atoms with Gasteiger partial charge in [0, 0.05) is 23.1 Å². The van der Waals surface area contributed by atoms with Gasteiger partial charge in [-0.2, -0.15) is 11.8 Å². The van der Waals surface area contributed by atoms with Crippen molar-refractivity contribution < 1.29 is 17.9 Å². The van der Waals surface area contributed by atoms with Gasteiger partial charge in [-0.3, -0.25) is 4.72 Å². The van der Waals surface area contributed by atoms with Crippen molar-refractivity contribution in [2.45, 2.75) is 29.4 Å². The number of hydrogen-bond donors (Lipinski definition) is 2. The zero-order valence-electron chi connectivity index (χ0n) is 19.9. The van der Waals surface area contributed by atoms with E-state index in [0.717, 1.165) is 34.9 Å². The number of thioether (sulfide) groups is 1. The minimum absolute atomic E-state index is 0.139. The quantitative estimate of drug-likeness (QED) is 0.383.